The highest BCUT2D eigenvalue weighted by molar-refractivity contribution is 5.97. The first-order chi connectivity index (χ1) is 8.90. The van der Waals surface area contributed by atoms with Crippen LogP contribution in [0.25, 0.3) is 0 Å². The molecule has 0 atom stereocenters. The Morgan fingerprint density at radius 1 is 1.16 bits per heavy atom. The van der Waals surface area contributed by atoms with Crippen molar-refractivity contribution in [2.45, 2.75) is 0 Å². The molecule has 1 aromatic rings. The van der Waals surface area contributed by atoms with Crippen molar-refractivity contribution in [3.63, 3.8) is 0 Å². The van der Waals surface area contributed by atoms with Crippen molar-refractivity contribution in [3.05, 3.63) is 39.9 Å². The Hall–Kier alpha value is -1.79. The van der Waals surface area contributed by atoms with Gasteiger partial charge in [-0.05, 0) is 33.3 Å². The van der Waals surface area contributed by atoms with Gasteiger partial charge in [0.05, 0.1) is 11.5 Å². The van der Waals surface area contributed by atoms with Crippen LogP contribution in [0, 0.1) is 10.1 Å². The van der Waals surface area contributed by atoms with E-state index in [1.807, 2.05) is 30.9 Å². The van der Waals surface area contributed by atoms with Gasteiger partial charge >= 0.3 is 0 Å². The molecule has 0 unspecified atom stereocenters. The molecule has 0 radical (unpaired) electrons. The molecular weight excluding hydrogens is 246 g/mol. The second kappa shape index (κ2) is 6.96. The molecule has 0 aliphatic rings. The van der Waals surface area contributed by atoms with Gasteiger partial charge in [-0.15, -0.1) is 0 Å². The molecule has 0 amide bonds. The first kappa shape index (κ1) is 15.3. The van der Waals surface area contributed by atoms with E-state index in [9.17, 15) is 14.9 Å². The molecule has 0 aliphatic heterocycles. The van der Waals surface area contributed by atoms with E-state index in [4.69, 9.17) is 0 Å². The number of nitro benzene ring substituents is 1. The van der Waals surface area contributed by atoms with Gasteiger partial charge in [0.15, 0.2) is 5.78 Å². The fourth-order valence-corrected chi connectivity index (χ4v) is 1.56. The Bertz CT molecular complexity index is 443. The summed E-state index contributed by atoms with van der Waals surface area (Å²) in [5, 5.41) is 10.5. The normalized spacial score (nSPS) is 11.0. The zero-order chi connectivity index (χ0) is 14.4. The summed E-state index contributed by atoms with van der Waals surface area (Å²) in [6, 6.07) is 5.71. The highest BCUT2D eigenvalue weighted by atomic mass is 16.6. The molecule has 6 heteroatoms. The quantitative estimate of drug-likeness (QED) is 0.422. The van der Waals surface area contributed by atoms with Gasteiger partial charge in [-0.25, -0.2) is 0 Å². The number of hydrogen-bond donors (Lipinski definition) is 0. The molecule has 0 heterocycles. The average molecular weight is 265 g/mol. The summed E-state index contributed by atoms with van der Waals surface area (Å²) in [6.07, 6.45) is 0. The van der Waals surface area contributed by atoms with Crippen LogP contribution < -0.4 is 0 Å². The van der Waals surface area contributed by atoms with Crippen LogP contribution in [-0.4, -0.2) is 61.3 Å². The molecule has 19 heavy (non-hydrogen) atoms. The SMILES string of the molecule is CN(C)CCN(C)CC(=O)c1ccc([N+](=O)[O-])cc1. The van der Waals surface area contributed by atoms with E-state index in [0.717, 1.165) is 13.1 Å². The Labute approximate surface area is 112 Å². The van der Waals surface area contributed by atoms with E-state index in [1.54, 1.807) is 0 Å². The van der Waals surface area contributed by atoms with E-state index in [-0.39, 0.29) is 11.5 Å². The average Bonchev–Trinajstić information content (AvgIpc) is 2.36. The van der Waals surface area contributed by atoms with E-state index < -0.39 is 4.92 Å². The van der Waals surface area contributed by atoms with Crippen LogP contribution in [0.2, 0.25) is 0 Å². The monoisotopic (exact) mass is 265 g/mol. The van der Waals surface area contributed by atoms with Crippen molar-refractivity contribution < 1.29 is 9.72 Å². The predicted molar refractivity (Wildman–Crippen MR) is 73.5 cm³/mol. The number of nitro groups is 1. The van der Waals surface area contributed by atoms with Gasteiger partial charge in [0.2, 0.25) is 0 Å². The lowest BCUT2D eigenvalue weighted by Crippen LogP contribution is -2.32. The summed E-state index contributed by atoms with van der Waals surface area (Å²) >= 11 is 0. The Balaban J connectivity index is 2.55. The Kier molecular flexibility index (Phi) is 5.59. The molecule has 6 nitrogen and oxygen atoms in total. The molecule has 0 saturated carbocycles. The minimum absolute atomic E-state index is 0.00230. The standard InChI is InChI=1S/C13H19N3O3/c1-14(2)8-9-15(3)10-13(17)11-4-6-12(7-5-11)16(18)19/h4-7H,8-10H2,1-3H3. The van der Waals surface area contributed by atoms with Crippen LogP contribution in [0.15, 0.2) is 24.3 Å². The van der Waals surface area contributed by atoms with Crippen molar-refractivity contribution in [2.24, 2.45) is 0 Å². The number of carbonyl (C=O) groups excluding carboxylic acids is 1. The topological polar surface area (TPSA) is 66.7 Å². The molecule has 0 aromatic heterocycles. The summed E-state index contributed by atoms with van der Waals surface area (Å²) in [7, 11) is 5.84. The van der Waals surface area contributed by atoms with Crippen LogP contribution in [0.1, 0.15) is 10.4 Å². The summed E-state index contributed by atoms with van der Waals surface area (Å²) in [6.45, 7) is 1.99. The molecule has 1 rings (SSSR count). The second-order valence-corrected chi connectivity index (χ2v) is 4.77. The maximum atomic E-state index is 12.0. The number of likely N-dealkylation sites (N-methyl/N-ethyl adjacent to an activating group) is 2. The number of non-ortho nitro benzene ring substituents is 1. The predicted octanol–water partition coefficient (Wildman–Crippen LogP) is 1.27. The smallest absolute Gasteiger partial charge is 0.269 e. The molecular formula is C13H19N3O3. The number of ketones is 1. The Morgan fingerprint density at radius 3 is 2.21 bits per heavy atom. The molecule has 0 saturated heterocycles. The third-order valence-electron chi connectivity index (χ3n) is 2.74. The maximum absolute atomic E-state index is 12.0. The number of benzene rings is 1. The molecule has 0 bridgehead atoms. The zero-order valence-electron chi connectivity index (χ0n) is 11.5. The van der Waals surface area contributed by atoms with Gasteiger partial charge < -0.3 is 4.90 Å². The first-order valence-electron chi connectivity index (χ1n) is 6.01. The minimum atomic E-state index is -0.475. The van der Waals surface area contributed by atoms with Gasteiger partial charge in [-0.1, -0.05) is 0 Å². The van der Waals surface area contributed by atoms with Crippen LogP contribution in [0.5, 0.6) is 0 Å². The number of carbonyl (C=O) groups is 1. The van der Waals surface area contributed by atoms with Crippen molar-refractivity contribution in [2.75, 3.05) is 40.8 Å². The van der Waals surface area contributed by atoms with Crippen molar-refractivity contribution in [1.29, 1.82) is 0 Å². The van der Waals surface area contributed by atoms with Crippen molar-refractivity contribution >= 4 is 11.5 Å². The van der Waals surface area contributed by atoms with E-state index in [0.29, 0.717) is 12.1 Å². The zero-order valence-corrected chi connectivity index (χ0v) is 11.5. The first-order valence-corrected chi connectivity index (χ1v) is 6.01. The van der Waals surface area contributed by atoms with Crippen LogP contribution >= 0.6 is 0 Å². The van der Waals surface area contributed by atoms with Crippen LogP contribution in [-0.2, 0) is 0 Å². The summed E-state index contributed by atoms with van der Waals surface area (Å²) in [5.41, 5.74) is 0.500. The van der Waals surface area contributed by atoms with E-state index in [1.165, 1.54) is 24.3 Å². The highest BCUT2D eigenvalue weighted by Gasteiger charge is 2.11. The van der Waals surface area contributed by atoms with Gasteiger partial charge in [0, 0.05) is 30.8 Å². The lowest BCUT2D eigenvalue weighted by atomic mass is 10.1. The lowest BCUT2D eigenvalue weighted by Gasteiger charge is -2.18. The van der Waals surface area contributed by atoms with Gasteiger partial charge in [-0.3, -0.25) is 19.8 Å². The molecule has 1 aromatic carbocycles. The summed E-state index contributed by atoms with van der Waals surface area (Å²) in [4.78, 5) is 26.0. The summed E-state index contributed by atoms with van der Waals surface area (Å²) < 4.78 is 0. The molecule has 0 fully saturated rings. The molecule has 0 N–H and O–H groups in total. The molecule has 104 valence electrons. The van der Waals surface area contributed by atoms with E-state index in [2.05, 4.69) is 0 Å². The highest BCUT2D eigenvalue weighted by Crippen LogP contribution is 2.12. The molecule has 0 aliphatic carbocycles. The van der Waals surface area contributed by atoms with Crippen LogP contribution in [0.3, 0.4) is 0 Å². The number of Topliss-reactive ketones (excluding diaryl/α,β-unsaturated/α-hetero) is 1. The largest absolute Gasteiger partial charge is 0.308 e. The van der Waals surface area contributed by atoms with Gasteiger partial charge in [-0.2, -0.15) is 0 Å². The van der Waals surface area contributed by atoms with E-state index >= 15 is 0 Å². The fraction of sp³-hybridized carbons (Fsp3) is 0.462. The summed E-state index contributed by atoms with van der Waals surface area (Å²) in [5.74, 6) is -0.0313. The second-order valence-electron chi connectivity index (χ2n) is 4.77. The van der Waals surface area contributed by atoms with Gasteiger partial charge in [0.1, 0.15) is 0 Å². The third kappa shape index (κ3) is 5.15. The third-order valence-corrected chi connectivity index (χ3v) is 2.74. The van der Waals surface area contributed by atoms with Crippen LogP contribution in [0.4, 0.5) is 5.69 Å². The number of rotatable bonds is 7. The minimum Gasteiger partial charge on any atom is -0.308 e. The Morgan fingerprint density at radius 2 is 1.74 bits per heavy atom. The molecule has 0 spiro atoms. The fourth-order valence-electron chi connectivity index (χ4n) is 1.56. The number of nitrogens with zero attached hydrogens (tertiary/aromatic N) is 3. The maximum Gasteiger partial charge on any atom is 0.269 e. The number of hydrogen-bond acceptors (Lipinski definition) is 5. The van der Waals surface area contributed by atoms with Crippen molar-refractivity contribution in [1.82, 2.24) is 9.80 Å². The lowest BCUT2D eigenvalue weighted by molar-refractivity contribution is -0.384. The van der Waals surface area contributed by atoms with Gasteiger partial charge in [0.25, 0.3) is 5.69 Å². The van der Waals surface area contributed by atoms with Crippen molar-refractivity contribution in [3.8, 4) is 0 Å².